The smallest absolute Gasteiger partial charge is 0.246 e. The Morgan fingerprint density at radius 2 is 2.24 bits per heavy atom. The van der Waals surface area contributed by atoms with Crippen molar-refractivity contribution in [3.05, 3.63) is 11.5 Å². The number of piperidine rings is 1. The molecule has 17 heavy (non-hydrogen) atoms. The van der Waals surface area contributed by atoms with E-state index in [4.69, 9.17) is 4.52 Å². The van der Waals surface area contributed by atoms with Crippen LogP contribution >= 0.6 is 0 Å². The Hall–Kier alpha value is -0.920. The summed E-state index contributed by atoms with van der Waals surface area (Å²) in [4.78, 5) is 0.170. The Labute approximate surface area is 101 Å². The zero-order valence-corrected chi connectivity index (χ0v) is 10.8. The molecular formula is C10H17N3O3S. The molecule has 0 spiro atoms. The third-order valence-electron chi connectivity index (χ3n) is 2.86. The van der Waals surface area contributed by atoms with Gasteiger partial charge in [-0.05, 0) is 33.2 Å². The van der Waals surface area contributed by atoms with Crippen LogP contribution in [0.2, 0.25) is 0 Å². The Kier molecular flexibility index (Phi) is 3.50. The molecular weight excluding hydrogens is 242 g/mol. The maximum atomic E-state index is 12.2. The number of hydrogen-bond donors (Lipinski definition) is 2. The minimum Gasteiger partial charge on any atom is -0.360 e. The molecule has 96 valence electrons. The highest BCUT2D eigenvalue weighted by molar-refractivity contribution is 7.89. The van der Waals surface area contributed by atoms with Crippen molar-refractivity contribution in [3.8, 4) is 0 Å². The van der Waals surface area contributed by atoms with Crippen LogP contribution in [0.3, 0.4) is 0 Å². The molecule has 2 rings (SSSR count). The van der Waals surface area contributed by atoms with Crippen LogP contribution in [-0.4, -0.2) is 32.7 Å². The van der Waals surface area contributed by atoms with Crippen LogP contribution in [0.1, 0.15) is 24.3 Å². The van der Waals surface area contributed by atoms with Crippen LogP contribution in [0.4, 0.5) is 0 Å². The Morgan fingerprint density at radius 1 is 1.47 bits per heavy atom. The van der Waals surface area contributed by atoms with Gasteiger partial charge < -0.3 is 9.84 Å². The van der Waals surface area contributed by atoms with Gasteiger partial charge in [0.2, 0.25) is 10.0 Å². The molecule has 1 aliphatic heterocycles. The van der Waals surface area contributed by atoms with E-state index in [0.717, 1.165) is 19.4 Å². The van der Waals surface area contributed by atoms with E-state index in [0.29, 0.717) is 18.0 Å². The lowest BCUT2D eigenvalue weighted by molar-refractivity contribution is 0.390. The van der Waals surface area contributed by atoms with E-state index in [9.17, 15) is 8.42 Å². The molecule has 2 N–H and O–H groups in total. The van der Waals surface area contributed by atoms with Gasteiger partial charge in [-0.2, -0.15) is 0 Å². The molecule has 0 radical (unpaired) electrons. The lowest BCUT2D eigenvalue weighted by Gasteiger charge is -2.23. The maximum Gasteiger partial charge on any atom is 0.246 e. The van der Waals surface area contributed by atoms with E-state index in [1.54, 1.807) is 13.8 Å². The SMILES string of the molecule is Cc1noc(C)c1S(=O)(=O)N[C@H]1CCCNC1. The van der Waals surface area contributed by atoms with Crippen LogP contribution in [-0.2, 0) is 10.0 Å². The van der Waals surface area contributed by atoms with E-state index in [1.165, 1.54) is 0 Å². The highest BCUT2D eigenvalue weighted by atomic mass is 32.2. The first-order valence-corrected chi connectivity index (χ1v) is 7.15. The molecule has 1 aromatic rings. The number of nitrogens with zero attached hydrogens (tertiary/aromatic N) is 1. The molecule has 1 fully saturated rings. The summed E-state index contributed by atoms with van der Waals surface area (Å²) in [5.41, 5.74) is 0.402. The minimum absolute atomic E-state index is 0.0533. The van der Waals surface area contributed by atoms with Gasteiger partial charge in [-0.25, -0.2) is 13.1 Å². The highest BCUT2D eigenvalue weighted by Crippen LogP contribution is 2.19. The van der Waals surface area contributed by atoms with Crippen molar-refractivity contribution in [2.45, 2.75) is 37.6 Å². The fourth-order valence-corrected chi connectivity index (χ4v) is 3.69. The van der Waals surface area contributed by atoms with Gasteiger partial charge in [0.1, 0.15) is 10.6 Å². The van der Waals surface area contributed by atoms with Gasteiger partial charge in [0.25, 0.3) is 0 Å². The van der Waals surface area contributed by atoms with Crippen LogP contribution in [0.25, 0.3) is 0 Å². The number of aryl methyl sites for hydroxylation is 2. The van der Waals surface area contributed by atoms with Crippen molar-refractivity contribution < 1.29 is 12.9 Å². The quantitative estimate of drug-likeness (QED) is 0.816. The van der Waals surface area contributed by atoms with Crippen molar-refractivity contribution in [3.63, 3.8) is 0 Å². The normalized spacial score (nSPS) is 21.6. The molecule has 6 nitrogen and oxygen atoms in total. The van der Waals surface area contributed by atoms with Crippen LogP contribution < -0.4 is 10.0 Å². The molecule has 1 aliphatic rings. The number of hydrogen-bond acceptors (Lipinski definition) is 5. The van der Waals surface area contributed by atoms with Crippen molar-refractivity contribution in [2.75, 3.05) is 13.1 Å². The van der Waals surface area contributed by atoms with Crippen LogP contribution in [0.15, 0.2) is 9.42 Å². The fraction of sp³-hybridized carbons (Fsp3) is 0.700. The van der Waals surface area contributed by atoms with Gasteiger partial charge >= 0.3 is 0 Å². The Balaban J connectivity index is 2.19. The monoisotopic (exact) mass is 259 g/mol. The third-order valence-corrected chi connectivity index (χ3v) is 4.62. The van der Waals surface area contributed by atoms with Crippen LogP contribution in [0, 0.1) is 13.8 Å². The van der Waals surface area contributed by atoms with E-state index >= 15 is 0 Å². The average molecular weight is 259 g/mol. The summed E-state index contributed by atoms with van der Waals surface area (Å²) in [7, 11) is -3.52. The molecule has 0 aromatic carbocycles. The summed E-state index contributed by atoms with van der Waals surface area (Å²) in [6.45, 7) is 4.85. The minimum atomic E-state index is -3.52. The van der Waals surface area contributed by atoms with Gasteiger partial charge in [0, 0.05) is 12.6 Å². The Bertz CT molecular complexity index is 469. The Morgan fingerprint density at radius 3 is 2.76 bits per heavy atom. The van der Waals surface area contributed by atoms with Crippen molar-refractivity contribution >= 4 is 10.0 Å². The first-order chi connectivity index (χ1) is 8.00. The van der Waals surface area contributed by atoms with Crippen molar-refractivity contribution in [1.29, 1.82) is 0 Å². The second-order valence-electron chi connectivity index (χ2n) is 4.32. The summed E-state index contributed by atoms with van der Waals surface area (Å²) < 4.78 is 31.9. The van der Waals surface area contributed by atoms with Gasteiger partial charge in [0.15, 0.2) is 5.76 Å². The lowest BCUT2D eigenvalue weighted by Crippen LogP contribution is -2.45. The van der Waals surface area contributed by atoms with Crippen LogP contribution in [0.5, 0.6) is 0 Å². The van der Waals surface area contributed by atoms with Crippen molar-refractivity contribution in [2.24, 2.45) is 0 Å². The second kappa shape index (κ2) is 4.75. The molecule has 2 heterocycles. The van der Waals surface area contributed by atoms with Gasteiger partial charge in [-0.1, -0.05) is 5.16 Å². The van der Waals surface area contributed by atoms with Crippen molar-refractivity contribution in [1.82, 2.24) is 15.2 Å². The number of rotatable bonds is 3. The lowest BCUT2D eigenvalue weighted by atomic mass is 10.1. The molecule has 0 unspecified atom stereocenters. The third kappa shape index (κ3) is 2.67. The second-order valence-corrected chi connectivity index (χ2v) is 5.97. The molecule has 0 bridgehead atoms. The summed E-state index contributed by atoms with van der Waals surface area (Å²) in [5, 5.41) is 6.83. The molecule has 1 saturated heterocycles. The summed E-state index contributed by atoms with van der Waals surface area (Å²) >= 11 is 0. The molecule has 0 aliphatic carbocycles. The highest BCUT2D eigenvalue weighted by Gasteiger charge is 2.27. The van der Waals surface area contributed by atoms with E-state index in [-0.39, 0.29) is 10.9 Å². The zero-order valence-electron chi connectivity index (χ0n) is 9.99. The molecule has 1 atom stereocenters. The largest absolute Gasteiger partial charge is 0.360 e. The van der Waals surface area contributed by atoms with Gasteiger partial charge in [0.05, 0.1) is 0 Å². The summed E-state index contributed by atoms with van der Waals surface area (Å²) in [5.74, 6) is 0.332. The average Bonchev–Trinajstić information content (AvgIpc) is 2.59. The summed E-state index contributed by atoms with van der Waals surface area (Å²) in [6, 6.07) is -0.0533. The topological polar surface area (TPSA) is 84.2 Å². The summed E-state index contributed by atoms with van der Waals surface area (Å²) in [6.07, 6.45) is 1.84. The molecule has 7 heteroatoms. The van der Waals surface area contributed by atoms with E-state index in [1.807, 2.05) is 0 Å². The van der Waals surface area contributed by atoms with Gasteiger partial charge in [-0.15, -0.1) is 0 Å². The predicted molar refractivity (Wildman–Crippen MR) is 62.2 cm³/mol. The number of aromatic nitrogens is 1. The molecule has 0 saturated carbocycles. The van der Waals surface area contributed by atoms with E-state index < -0.39 is 10.0 Å². The number of nitrogens with one attached hydrogen (secondary N) is 2. The first kappa shape index (κ1) is 12.5. The zero-order chi connectivity index (χ0) is 12.5. The predicted octanol–water partition coefficient (Wildman–Crippen LogP) is 0.322. The molecule has 1 aromatic heterocycles. The first-order valence-electron chi connectivity index (χ1n) is 5.66. The fourth-order valence-electron chi connectivity index (χ4n) is 2.09. The van der Waals surface area contributed by atoms with E-state index in [2.05, 4.69) is 15.2 Å². The molecule has 0 amide bonds. The maximum absolute atomic E-state index is 12.2. The standard InChI is InChI=1S/C10H17N3O3S/c1-7-10(8(2)16-12-7)17(14,15)13-9-4-3-5-11-6-9/h9,11,13H,3-6H2,1-2H3/t9-/m0/s1. The van der Waals surface area contributed by atoms with Gasteiger partial charge in [-0.3, -0.25) is 0 Å². The number of sulfonamides is 1.